The predicted octanol–water partition coefficient (Wildman–Crippen LogP) is 5.70. The number of fused-ring (bicyclic) bond motifs is 5. The monoisotopic (exact) mass is 495 g/mol. The molecule has 0 aliphatic heterocycles. The van der Waals surface area contributed by atoms with Crippen molar-refractivity contribution in [2.75, 3.05) is 13.2 Å². The lowest BCUT2D eigenvalue weighted by Crippen LogP contribution is -2.57. The third-order valence-corrected chi connectivity index (χ3v) is 11.6. The minimum Gasteiger partial charge on any atom is -0.387 e. The molecule has 0 bridgehead atoms. The van der Waals surface area contributed by atoms with E-state index in [-0.39, 0.29) is 17.4 Å². The molecule has 1 unspecified atom stereocenters. The van der Waals surface area contributed by atoms with E-state index in [4.69, 9.17) is 10.00 Å². The van der Waals surface area contributed by atoms with Gasteiger partial charge in [0.25, 0.3) is 0 Å². The van der Waals surface area contributed by atoms with Gasteiger partial charge in [0.1, 0.15) is 12.1 Å². The lowest BCUT2D eigenvalue weighted by Gasteiger charge is -2.63. The number of ether oxygens (including phenoxy) is 1. The van der Waals surface area contributed by atoms with Crippen LogP contribution in [0.3, 0.4) is 0 Å². The number of hydrogen-bond donors (Lipinski definition) is 1. The minimum absolute atomic E-state index is 0.0594. The highest BCUT2D eigenvalue weighted by atomic mass is 16.5. The van der Waals surface area contributed by atoms with Gasteiger partial charge in [0.05, 0.1) is 12.2 Å². The maximum Gasteiger partial charge on any atom is 0.162 e. The molecule has 4 fully saturated rings. The predicted molar refractivity (Wildman–Crippen MR) is 138 cm³/mol. The van der Waals surface area contributed by atoms with Crippen molar-refractivity contribution in [3.63, 3.8) is 0 Å². The highest BCUT2D eigenvalue weighted by molar-refractivity contribution is 5.85. The van der Waals surface area contributed by atoms with E-state index in [0.717, 1.165) is 38.5 Å². The molecular formula is C30H45N3O3. The van der Waals surface area contributed by atoms with Crippen LogP contribution in [0.25, 0.3) is 0 Å². The van der Waals surface area contributed by atoms with Crippen molar-refractivity contribution in [3.05, 3.63) is 18.0 Å². The summed E-state index contributed by atoms with van der Waals surface area (Å²) in [6.45, 7) is 9.88. The van der Waals surface area contributed by atoms with Crippen molar-refractivity contribution < 1.29 is 14.6 Å². The Hall–Kier alpha value is -1.71. The molecule has 0 aromatic carbocycles. The number of aromatic nitrogens is 2. The fourth-order valence-corrected chi connectivity index (χ4v) is 9.76. The third kappa shape index (κ3) is 3.97. The molecule has 198 valence electrons. The lowest BCUT2D eigenvalue weighted by atomic mass is 9.42. The SMILES string of the molecule is CCOC[C@@]1(O)CC[C@@]2(CC)[C@@H](CC[C@H]3[C@@H]4CC[C@H](C(=O)C(C)n5ccc(C#N)n5)[C@@]4(C)CC[C@@H]32)C1. The van der Waals surface area contributed by atoms with Gasteiger partial charge in [-0.15, -0.1) is 0 Å². The number of carbonyl (C=O) groups is 1. The van der Waals surface area contributed by atoms with E-state index in [2.05, 4.69) is 25.0 Å². The Balaban J connectivity index is 1.34. The maximum atomic E-state index is 13.8. The number of Topliss-reactive ketones (excluding diaryl/α,β-unsaturated/α-hetero) is 1. The molecule has 6 heteroatoms. The van der Waals surface area contributed by atoms with Gasteiger partial charge in [0.2, 0.25) is 0 Å². The average molecular weight is 496 g/mol. The summed E-state index contributed by atoms with van der Waals surface area (Å²) in [4.78, 5) is 13.8. The van der Waals surface area contributed by atoms with Crippen molar-refractivity contribution in [1.82, 2.24) is 9.78 Å². The Labute approximate surface area is 216 Å². The molecule has 6 nitrogen and oxygen atoms in total. The summed E-state index contributed by atoms with van der Waals surface area (Å²) in [6.07, 6.45) is 12.8. The molecule has 4 aliphatic rings. The van der Waals surface area contributed by atoms with E-state index in [1.54, 1.807) is 16.9 Å². The van der Waals surface area contributed by atoms with Crippen molar-refractivity contribution in [2.45, 2.75) is 104 Å². The molecule has 36 heavy (non-hydrogen) atoms. The molecule has 1 aromatic rings. The normalized spacial score (nSPS) is 42.6. The van der Waals surface area contributed by atoms with Crippen molar-refractivity contribution in [1.29, 1.82) is 5.26 Å². The fourth-order valence-electron chi connectivity index (χ4n) is 9.76. The zero-order valence-corrected chi connectivity index (χ0v) is 22.7. The smallest absolute Gasteiger partial charge is 0.162 e. The van der Waals surface area contributed by atoms with Crippen molar-refractivity contribution in [3.8, 4) is 6.07 Å². The molecular weight excluding hydrogens is 450 g/mol. The van der Waals surface area contributed by atoms with Crippen LogP contribution < -0.4 is 0 Å². The summed E-state index contributed by atoms with van der Waals surface area (Å²) in [5, 5.41) is 24.8. The Bertz CT molecular complexity index is 1020. The first-order valence-electron chi connectivity index (χ1n) is 14.5. The lowest BCUT2D eigenvalue weighted by molar-refractivity contribution is -0.173. The Morgan fingerprint density at radius 2 is 2.03 bits per heavy atom. The quantitative estimate of drug-likeness (QED) is 0.524. The highest BCUT2D eigenvalue weighted by Gasteiger charge is 2.63. The standard InChI is InChI=1S/C30H45N3O3/c1-5-30-15-14-29(35,19-36-6-2)17-21(30)7-8-23-24-9-10-26(28(24,4)13-11-25(23)30)27(34)20(3)33-16-12-22(18-31)32-33/h12,16,20-21,23-26,35H,5-11,13-15,17,19H2,1-4H3/t20?,21-,23-,24-,25-,26+,28-,29+,30-/m0/s1. The summed E-state index contributed by atoms with van der Waals surface area (Å²) in [5.41, 5.74) is 0.104. The Kier molecular flexibility index (Phi) is 6.88. The van der Waals surface area contributed by atoms with E-state index < -0.39 is 5.60 Å². The van der Waals surface area contributed by atoms with Crippen LogP contribution in [0.15, 0.2) is 12.3 Å². The van der Waals surface area contributed by atoms with Crippen molar-refractivity contribution in [2.24, 2.45) is 40.4 Å². The maximum absolute atomic E-state index is 13.8. The number of nitrogens with zero attached hydrogens (tertiary/aromatic N) is 3. The molecule has 0 spiro atoms. The van der Waals surface area contributed by atoms with Gasteiger partial charge < -0.3 is 9.84 Å². The first-order chi connectivity index (χ1) is 17.2. The number of rotatable bonds is 7. The molecule has 1 heterocycles. The first kappa shape index (κ1) is 25.9. The Morgan fingerprint density at radius 3 is 2.72 bits per heavy atom. The molecule has 0 radical (unpaired) electrons. The van der Waals surface area contributed by atoms with Crippen LogP contribution in [0, 0.1) is 51.8 Å². The molecule has 9 atom stereocenters. The fraction of sp³-hybridized carbons (Fsp3) is 0.833. The largest absolute Gasteiger partial charge is 0.387 e. The Morgan fingerprint density at radius 1 is 1.22 bits per heavy atom. The first-order valence-corrected chi connectivity index (χ1v) is 14.5. The second kappa shape index (κ2) is 9.55. The molecule has 1 N–H and O–H groups in total. The molecule has 1 aromatic heterocycles. The summed E-state index contributed by atoms with van der Waals surface area (Å²) >= 11 is 0. The number of aliphatic hydroxyl groups is 1. The molecule has 4 saturated carbocycles. The van der Waals surface area contributed by atoms with Crippen LogP contribution in [0.5, 0.6) is 0 Å². The molecule has 0 amide bonds. The second-order valence-electron chi connectivity index (χ2n) is 12.8. The van der Waals surface area contributed by atoms with E-state index in [1.165, 1.54) is 25.7 Å². The van der Waals surface area contributed by atoms with Crippen LogP contribution in [0.2, 0.25) is 0 Å². The summed E-state index contributed by atoms with van der Waals surface area (Å²) in [7, 11) is 0. The number of hydrogen-bond acceptors (Lipinski definition) is 5. The molecule has 0 saturated heterocycles. The zero-order chi connectivity index (χ0) is 25.7. The van der Waals surface area contributed by atoms with Gasteiger partial charge in [-0.1, -0.05) is 13.8 Å². The number of nitriles is 1. The van der Waals surface area contributed by atoms with Crippen LogP contribution >= 0.6 is 0 Å². The average Bonchev–Trinajstić information content (AvgIpc) is 3.50. The topological polar surface area (TPSA) is 88.1 Å². The molecule has 4 aliphatic carbocycles. The van der Waals surface area contributed by atoms with Gasteiger partial charge in [-0.25, -0.2) is 0 Å². The third-order valence-electron chi connectivity index (χ3n) is 11.6. The van der Waals surface area contributed by atoms with Crippen molar-refractivity contribution >= 4 is 5.78 Å². The number of ketones is 1. The van der Waals surface area contributed by atoms with Gasteiger partial charge in [0.15, 0.2) is 11.5 Å². The summed E-state index contributed by atoms with van der Waals surface area (Å²) < 4.78 is 7.37. The number of carbonyl (C=O) groups excluding carboxylic acids is 1. The van der Waals surface area contributed by atoms with Crippen LogP contribution in [0.1, 0.15) is 104 Å². The van der Waals surface area contributed by atoms with E-state index >= 15 is 0 Å². The van der Waals surface area contributed by atoms with Gasteiger partial charge >= 0.3 is 0 Å². The van der Waals surface area contributed by atoms with Crippen LogP contribution in [-0.2, 0) is 9.53 Å². The van der Waals surface area contributed by atoms with Gasteiger partial charge in [-0.3, -0.25) is 9.48 Å². The minimum atomic E-state index is -0.658. The summed E-state index contributed by atoms with van der Waals surface area (Å²) in [6, 6.07) is 3.44. The molecule has 5 rings (SSSR count). The van der Waals surface area contributed by atoms with Gasteiger partial charge in [-0.2, -0.15) is 10.4 Å². The van der Waals surface area contributed by atoms with E-state index in [0.29, 0.717) is 53.8 Å². The summed E-state index contributed by atoms with van der Waals surface area (Å²) in [5.74, 6) is 2.97. The van der Waals surface area contributed by atoms with E-state index in [9.17, 15) is 9.90 Å². The van der Waals surface area contributed by atoms with Crippen LogP contribution in [0.4, 0.5) is 0 Å². The van der Waals surface area contributed by atoms with Crippen LogP contribution in [-0.4, -0.2) is 39.5 Å². The van der Waals surface area contributed by atoms with E-state index in [1.807, 2.05) is 13.8 Å². The second-order valence-corrected chi connectivity index (χ2v) is 12.8. The van der Waals surface area contributed by atoms with Gasteiger partial charge in [0, 0.05) is 18.7 Å². The highest BCUT2D eigenvalue weighted by Crippen LogP contribution is 2.69. The van der Waals surface area contributed by atoms with Gasteiger partial charge in [-0.05, 0) is 119 Å². The zero-order valence-electron chi connectivity index (χ0n) is 22.7.